The highest BCUT2D eigenvalue weighted by Gasteiger charge is 2.41. The van der Waals surface area contributed by atoms with Crippen molar-refractivity contribution in [1.82, 2.24) is 0 Å². The SMILES string of the molecule is [N-]=[N+]=NC1c2cccc3c2N(CCC3)C(=O)C1C=O. The van der Waals surface area contributed by atoms with Crippen LogP contribution in [0.25, 0.3) is 10.4 Å². The molecule has 0 saturated heterocycles. The molecule has 0 aromatic heterocycles. The molecule has 2 unspecified atom stereocenters. The Bertz CT molecular complexity index is 607. The van der Waals surface area contributed by atoms with E-state index in [4.69, 9.17) is 5.53 Å². The summed E-state index contributed by atoms with van der Waals surface area (Å²) in [7, 11) is 0. The molecule has 0 radical (unpaired) electrons. The molecule has 2 aliphatic rings. The molecule has 19 heavy (non-hydrogen) atoms. The van der Waals surface area contributed by atoms with E-state index < -0.39 is 12.0 Å². The molecular weight excluding hydrogens is 244 g/mol. The number of hydrogen-bond acceptors (Lipinski definition) is 3. The Morgan fingerprint density at radius 2 is 2.32 bits per heavy atom. The van der Waals surface area contributed by atoms with Crippen LogP contribution < -0.4 is 4.90 Å². The Labute approximate surface area is 109 Å². The predicted octanol–water partition coefficient (Wildman–Crippen LogP) is 2.15. The zero-order valence-corrected chi connectivity index (χ0v) is 10.2. The van der Waals surface area contributed by atoms with Gasteiger partial charge in [0.1, 0.15) is 12.2 Å². The standard InChI is InChI=1S/C13H12N4O2/c14-16-15-11-9-5-1-3-8-4-2-6-17(12(8)9)13(19)10(11)7-18/h1,3,5,7,10-11H,2,4,6H2. The van der Waals surface area contributed by atoms with Crippen molar-refractivity contribution >= 4 is 17.9 Å². The maximum absolute atomic E-state index is 12.3. The molecule has 1 aromatic rings. The summed E-state index contributed by atoms with van der Waals surface area (Å²) < 4.78 is 0. The number of hydrogen-bond donors (Lipinski definition) is 0. The fourth-order valence-corrected chi connectivity index (χ4v) is 2.97. The summed E-state index contributed by atoms with van der Waals surface area (Å²) in [5, 5.41) is 3.66. The Morgan fingerprint density at radius 3 is 3.05 bits per heavy atom. The van der Waals surface area contributed by atoms with Crippen molar-refractivity contribution < 1.29 is 9.59 Å². The average molecular weight is 256 g/mol. The summed E-state index contributed by atoms with van der Waals surface area (Å²) >= 11 is 0. The van der Waals surface area contributed by atoms with Gasteiger partial charge in [-0.15, -0.1) is 0 Å². The third-order valence-electron chi connectivity index (χ3n) is 3.78. The molecule has 96 valence electrons. The van der Waals surface area contributed by atoms with E-state index in [0.717, 1.165) is 29.7 Å². The summed E-state index contributed by atoms with van der Waals surface area (Å²) in [5.41, 5.74) is 11.4. The highest BCUT2D eigenvalue weighted by molar-refractivity contribution is 6.06. The quantitative estimate of drug-likeness (QED) is 0.267. The van der Waals surface area contributed by atoms with E-state index in [2.05, 4.69) is 10.0 Å². The lowest BCUT2D eigenvalue weighted by Gasteiger charge is -2.39. The highest BCUT2D eigenvalue weighted by atomic mass is 16.2. The van der Waals surface area contributed by atoms with Gasteiger partial charge in [0.25, 0.3) is 0 Å². The van der Waals surface area contributed by atoms with Crippen LogP contribution in [0.1, 0.15) is 23.6 Å². The largest absolute Gasteiger partial charge is 0.311 e. The van der Waals surface area contributed by atoms with Crippen LogP contribution in [0, 0.1) is 5.92 Å². The van der Waals surface area contributed by atoms with Gasteiger partial charge in [-0.25, -0.2) is 0 Å². The second kappa shape index (κ2) is 4.40. The number of aryl methyl sites for hydroxylation is 1. The molecule has 1 aromatic carbocycles. The van der Waals surface area contributed by atoms with Gasteiger partial charge in [-0.2, -0.15) is 0 Å². The first kappa shape index (κ1) is 11.7. The van der Waals surface area contributed by atoms with E-state index in [-0.39, 0.29) is 5.91 Å². The number of benzene rings is 1. The second-order valence-electron chi connectivity index (χ2n) is 4.76. The lowest BCUT2D eigenvalue weighted by molar-refractivity contribution is -0.128. The van der Waals surface area contributed by atoms with Gasteiger partial charge in [-0.1, -0.05) is 23.3 Å². The molecule has 2 aliphatic heterocycles. The maximum atomic E-state index is 12.3. The molecular formula is C13H12N4O2. The van der Waals surface area contributed by atoms with Crippen LogP contribution in [0.15, 0.2) is 23.3 Å². The van der Waals surface area contributed by atoms with Crippen molar-refractivity contribution in [1.29, 1.82) is 0 Å². The fourth-order valence-electron chi connectivity index (χ4n) is 2.97. The first-order valence-electron chi connectivity index (χ1n) is 6.20. The molecule has 1 amide bonds. The third kappa shape index (κ3) is 1.61. The van der Waals surface area contributed by atoms with Crippen molar-refractivity contribution in [2.24, 2.45) is 11.0 Å². The first-order valence-corrected chi connectivity index (χ1v) is 6.20. The second-order valence-corrected chi connectivity index (χ2v) is 4.76. The molecule has 0 bridgehead atoms. The van der Waals surface area contributed by atoms with Crippen LogP contribution in [0.3, 0.4) is 0 Å². The van der Waals surface area contributed by atoms with E-state index in [9.17, 15) is 9.59 Å². The molecule has 2 atom stereocenters. The molecule has 0 spiro atoms. The Balaban J connectivity index is 2.25. The van der Waals surface area contributed by atoms with E-state index >= 15 is 0 Å². The van der Waals surface area contributed by atoms with Crippen LogP contribution in [-0.4, -0.2) is 18.7 Å². The van der Waals surface area contributed by atoms with Gasteiger partial charge in [-0.05, 0) is 29.5 Å². The highest BCUT2D eigenvalue weighted by Crippen LogP contribution is 2.43. The predicted molar refractivity (Wildman–Crippen MR) is 68.6 cm³/mol. The fraction of sp³-hybridized carbons (Fsp3) is 0.385. The van der Waals surface area contributed by atoms with Crippen LogP contribution in [0.5, 0.6) is 0 Å². The minimum Gasteiger partial charge on any atom is -0.311 e. The lowest BCUT2D eigenvalue weighted by Crippen LogP contribution is -2.46. The minimum absolute atomic E-state index is 0.257. The van der Waals surface area contributed by atoms with Gasteiger partial charge < -0.3 is 9.69 Å². The zero-order valence-electron chi connectivity index (χ0n) is 10.2. The molecule has 0 N–H and O–H groups in total. The number of aldehydes is 1. The third-order valence-corrected chi connectivity index (χ3v) is 3.78. The van der Waals surface area contributed by atoms with Crippen LogP contribution in [0.4, 0.5) is 5.69 Å². The summed E-state index contributed by atoms with van der Waals surface area (Å²) in [6.45, 7) is 0.621. The summed E-state index contributed by atoms with van der Waals surface area (Å²) in [5.74, 6) is -1.16. The first-order chi connectivity index (χ1) is 9.27. The van der Waals surface area contributed by atoms with Gasteiger partial charge in [-0.3, -0.25) is 4.79 Å². The van der Waals surface area contributed by atoms with Crippen molar-refractivity contribution in [2.75, 3.05) is 11.4 Å². The van der Waals surface area contributed by atoms with Gasteiger partial charge >= 0.3 is 0 Å². The molecule has 3 rings (SSSR count). The van der Waals surface area contributed by atoms with Crippen molar-refractivity contribution in [3.05, 3.63) is 39.8 Å². The van der Waals surface area contributed by atoms with Crippen LogP contribution in [-0.2, 0) is 16.0 Å². The average Bonchev–Trinajstić information content (AvgIpc) is 2.45. The summed E-state index contributed by atoms with van der Waals surface area (Å²) in [4.78, 5) is 28.0. The van der Waals surface area contributed by atoms with Crippen LogP contribution in [0.2, 0.25) is 0 Å². The van der Waals surface area contributed by atoms with E-state index in [1.165, 1.54) is 0 Å². The van der Waals surface area contributed by atoms with Crippen LogP contribution >= 0.6 is 0 Å². The topological polar surface area (TPSA) is 86.1 Å². The monoisotopic (exact) mass is 256 g/mol. The Kier molecular flexibility index (Phi) is 2.72. The lowest BCUT2D eigenvalue weighted by atomic mass is 9.83. The number of carbonyl (C=O) groups excluding carboxylic acids is 2. The number of anilines is 1. The smallest absolute Gasteiger partial charge is 0.238 e. The van der Waals surface area contributed by atoms with Gasteiger partial charge in [0.05, 0.1) is 11.7 Å². The number of azide groups is 1. The normalized spacial score (nSPS) is 24.4. The molecule has 6 nitrogen and oxygen atoms in total. The summed E-state index contributed by atoms with van der Waals surface area (Å²) in [6, 6.07) is 4.97. The molecule has 0 fully saturated rings. The van der Waals surface area contributed by atoms with E-state index in [0.29, 0.717) is 12.8 Å². The van der Waals surface area contributed by atoms with E-state index in [1.54, 1.807) is 4.90 Å². The van der Waals surface area contributed by atoms with Crippen molar-refractivity contribution in [3.63, 3.8) is 0 Å². The van der Waals surface area contributed by atoms with Crippen molar-refractivity contribution in [2.45, 2.75) is 18.9 Å². The summed E-state index contributed by atoms with van der Waals surface area (Å²) in [6.07, 6.45) is 2.38. The number of rotatable bonds is 2. The van der Waals surface area contributed by atoms with E-state index in [1.807, 2.05) is 18.2 Å². The molecule has 6 heteroatoms. The Morgan fingerprint density at radius 1 is 1.47 bits per heavy atom. The number of amides is 1. The molecule has 0 aliphatic carbocycles. The van der Waals surface area contributed by atoms with Gasteiger partial charge in [0.2, 0.25) is 5.91 Å². The molecule has 2 heterocycles. The molecule has 0 saturated carbocycles. The maximum Gasteiger partial charge on any atom is 0.238 e. The number of nitrogens with zero attached hydrogens (tertiary/aromatic N) is 4. The van der Waals surface area contributed by atoms with Gasteiger partial charge in [0, 0.05) is 11.5 Å². The minimum atomic E-state index is -0.906. The number of para-hydroxylation sites is 1. The van der Waals surface area contributed by atoms with Gasteiger partial charge in [0.15, 0.2) is 0 Å². The number of carbonyl (C=O) groups is 2. The zero-order chi connectivity index (χ0) is 13.4. The van der Waals surface area contributed by atoms with Crippen molar-refractivity contribution in [3.8, 4) is 0 Å². The Hall–Kier alpha value is -2.33.